The molecule has 1 atom stereocenters. The second kappa shape index (κ2) is 1.22. The molecule has 0 bridgehead atoms. The lowest BCUT2D eigenvalue weighted by Gasteiger charge is -1.83. The quantitative estimate of drug-likeness (QED) is 0.472. The summed E-state index contributed by atoms with van der Waals surface area (Å²) in [6, 6.07) is 0. The molecular weight excluding hydrogens is 88.1 g/mol. The van der Waals surface area contributed by atoms with E-state index in [9.17, 15) is 0 Å². The van der Waals surface area contributed by atoms with Gasteiger partial charge >= 0.3 is 0 Å². The number of epoxide rings is 1. The summed E-state index contributed by atoms with van der Waals surface area (Å²) in [6.45, 7) is 1.05. The van der Waals surface area contributed by atoms with Gasteiger partial charge in [-0.3, -0.25) is 0 Å². The zero-order valence-corrected chi connectivity index (χ0v) is 4.39. The summed E-state index contributed by atoms with van der Waals surface area (Å²) in [5.74, 6) is 1.06. The van der Waals surface area contributed by atoms with Gasteiger partial charge in [-0.15, -0.1) is 0 Å². The molecule has 0 radical (unpaired) electrons. The molecule has 0 amide bonds. The fourth-order valence-corrected chi connectivity index (χ4v) is 0.929. The van der Waals surface area contributed by atoms with Gasteiger partial charge in [0.25, 0.3) is 0 Å². The van der Waals surface area contributed by atoms with E-state index in [-0.39, 0.29) is 0 Å². The van der Waals surface area contributed by atoms with E-state index in [1.54, 1.807) is 0 Å². The van der Waals surface area contributed by atoms with Gasteiger partial charge in [-0.2, -0.15) is 0 Å². The molecule has 1 saturated heterocycles. The molecule has 40 valence electrons. The summed E-state index contributed by atoms with van der Waals surface area (Å²) in [4.78, 5) is 0. The van der Waals surface area contributed by atoms with Crippen molar-refractivity contribution >= 4 is 0 Å². The Labute approximate surface area is 43.7 Å². The summed E-state index contributed by atoms with van der Waals surface area (Å²) in [5.41, 5.74) is 0. The summed E-state index contributed by atoms with van der Waals surface area (Å²) >= 11 is 0. The first-order valence-electron chi connectivity index (χ1n) is 3.07. The molecule has 1 aliphatic heterocycles. The smallest absolute Gasteiger partial charge is 0.0812 e. The molecule has 1 heteroatoms. The minimum Gasteiger partial charge on any atom is -0.373 e. The summed E-state index contributed by atoms with van der Waals surface area (Å²) in [5, 5.41) is 0. The predicted molar refractivity (Wildman–Crippen MR) is 27.1 cm³/mol. The average Bonchev–Trinajstić information content (AvgIpc) is 2.33. The van der Waals surface area contributed by atoms with Gasteiger partial charge in [0.2, 0.25) is 0 Å². The molecule has 0 aromatic heterocycles. The minimum absolute atomic E-state index is 0.687. The van der Waals surface area contributed by atoms with E-state index in [1.165, 1.54) is 19.3 Å². The highest BCUT2D eigenvalue weighted by Gasteiger charge is 2.31. The van der Waals surface area contributed by atoms with Crippen molar-refractivity contribution in [2.45, 2.75) is 25.4 Å². The van der Waals surface area contributed by atoms with Crippen LogP contribution in [0.3, 0.4) is 0 Å². The van der Waals surface area contributed by atoms with Crippen molar-refractivity contribution < 1.29 is 4.74 Å². The Bertz CT molecular complexity index is 62.2. The first-order chi connectivity index (χ1) is 3.45. The second-order valence-corrected chi connectivity index (χ2v) is 2.63. The van der Waals surface area contributed by atoms with Crippen molar-refractivity contribution in [3.63, 3.8) is 0 Å². The van der Waals surface area contributed by atoms with Crippen molar-refractivity contribution in [3.05, 3.63) is 0 Å². The van der Waals surface area contributed by atoms with Crippen LogP contribution in [0, 0.1) is 5.92 Å². The third-order valence-electron chi connectivity index (χ3n) is 1.70. The van der Waals surface area contributed by atoms with Gasteiger partial charge in [0.1, 0.15) is 0 Å². The highest BCUT2D eigenvalue weighted by molar-refractivity contribution is 4.81. The van der Waals surface area contributed by atoms with Crippen LogP contribution in [0.5, 0.6) is 0 Å². The summed E-state index contributed by atoms with van der Waals surface area (Å²) in [6.07, 6.45) is 4.99. The van der Waals surface area contributed by atoms with Gasteiger partial charge in [0.15, 0.2) is 0 Å². The molecule has 2 fully saturated rings. The van der Waals surface area contributed by atoms with Gasteiger partial charge in [-0.1, -0.05) is 12.8 Å². The van der Waals surface area contributed by atoms with E-state index in [2.05, 4.69) is 0 Å². The maximum Gasteiger partial charge on any atom is 0.0812 e. The molecule has 1 nitrogen and oxygen atoms in total. The zero-order chi connectivity index (χ0) is 4.69. The normalized spacial score (nSPS) is 38.6. The lowest BCUT2D eigenvalue weighted by molar-refractivity contribution is 0.387. The fraction of sp³-hybridized carbons (Fsp3) is 1.00. The molecule has 1 unspecified atom stereocenters. The van der Waals surface area contributed by atoms with Crippen LogP contribution in [0.4, 0.5) is 0 Å². The van der Waals surface area contributed by atoms with Gasteiger partial charge in [-0.05, 0) is 12.3 Å². The lowest BCUT2D eigenvalue weighted by atomic mass is 10.2. The SMILES string of the molecule is C1CC1CC1CO1. The topological polar surface area (TPSA) is 12.5 Å². The Morgan fingerprint density at radius 2 is 2.14 bits per heavy atom. The van der Waals surface area contributed by atoms with Crippen LogP contribution in [-0.2, 0) is 4.74 Å². The first-order valence-corrected chi connectivity index (χ1v) is 3.07. The van der Waals surface area contributed by atoms with Gasteiger partial charge in [-0.25, -0.2) is 0 Å². The van der Waals surface area contributed by atoms with Crippen LogP contribution >= 0.6 is 0 Å². The maximum absolute atomic E-state index is 5.06. The van der Waals surface area contributed by atoms with E-state index in [4.69, 9.17) is 4.74 Å². The van der Waals surface area contributed by atoms with Crippen LogP contribution in [0.25, 0.3) is 0 Å². The molecule has 7 heavy (non-hydrogen) atoms. The first kappa shape index (κ1) is 3.90. The Kier molecular flexibility index (Phi) is 0.680. The van der Waals surface area contributed by atoms with E-state index in [0.717, 1.165) is 12.5 Å². The van der Waals surface area contributed by atoms with E-state index in [0.29, 0.717) is 6.10 Å². The van der Waals surface area contributed by atoms with Crippen molar-refractivity contribution in [2.24, 2.45) is 5.92 Å². The zero-order valence-electron chi connectivity index (χ0n) is 4.39. The Balaban J connectivity index is 1.69. The third-order valence-corrected chi connectivity index (χ3v) is 1.70. The summed E-state index contributed by atoms with van der Waals surface area (Å²) in [7, 11) is 0. The van der Waals surface area contributed by atoms with Gasteiger partial charge in [0, 0.05) is 0 Å². The van der Waals surface area contributed by atoms with Crippen LogP contribution in [-0.4, -0.2) is 12.7 Å². The molecule has 1 saturated carbocycles. The second-order valence-electron chi connectivity index (χ2n) is 2.63. The number of ether oxygens (including phenoxy) is 1. The lowest BCUT2D eigenvalue weighted by Crippen LogP contribution is -1.84. The van der Waals surface area contributed by atoms with E-state index >= 15 is 0 Å². The number of rotatable bonds is 2. The molecule has 1 aliphatic carbocycles. The monoisotopic (exact) mass is 98.1 g/mol. The number of hydrogen-bond donors (Lipinski definition) is 0. The minimum atomic E-state index is 0.687. The molecular formula is C6H10O. The van der Waals surface area contributed by atoms with Crippen molar-refractivity contribution in [2.75, 3.05) is 6.61 Å². The Hall–Kier alpha value is -0.0400. The van der Waals surface area contributed by atoms with Crippen LogP contribution in [0.15, 0.2) is 0 Å². The highest BCUT2D eigenvalue weighted by atomic mass is 16.6. The Morgan fingerprint density at radius 1 is 1.43 bits per heavy atom. The van der Waals surface area contributed by atoms with Crippen LogP contribution < -0.4 is 0 Å². The number of hydrogen-bond acceptors (Lipinski definition) is 1. The molecule has 2 aliphatic rings. The molecule has 0 aromatic rings. The van der Waals surface area contributed by atoms with E-state index in [1.807, 2.05) is 0 Å². The van der Waals surface area contributed by atoms with Crippen LogP contribution in [0.2, 0.25) is 0 Å². The average molecular weight is 98.1 g/mol. The van der Waals surface area contributed by atoms with Gasteiger partial charge < -0.3 is 4.74 Å². The molecule has 1 heterocycles. The third kappa shape index (κ3) is 0.942. The standard InChI is InChI=1S/C6H10O/c1-2-5(1)3-6-4-7-6/h5-6H,1-4H2. The van der Waals surface area contributed by atoms with Crippen molar-refractivity contribution in [1.29, 1.82) is 0 Å². The fourth-order valence-electron chi connectivity index (χ4n) is 0.929. The Morgan fingerprint density at radius 3 is 2.57 bits per heavy atom. The van der Waals surface area contributed by atoms with Crippen molar-refractivity contribution in [3.8, 4) is 0 Å². The summed E-state index contributed by atoms with van der Waals surface area (Å²) < 4.78 is 5.06. The molecule has 0 aromatic carbocycles. The predicted octanol–water partition coefficient (Wildman–Crippen LogP) is 1.19. The molecule has 2 rings (SSSR count). The highest BCUT2D eigenvalue weighted by Crippen LogP contribution is 2.36. The van der Waals surface area contributed by atoms with Gasteiger partial charge in [0.05, 0.1) is 12.7 Å². The maximum atomic E-state index is 5.06. The van der Waals surface area contributed by atoms with Crippen molar-refractivity contribution in [1.82, 2.24) is 0 Å². The largest absolute Gasteiger partial charge is 0.373 e. The van der Waals surface area contributed by atoms with Crippen LogP contribution in [0.1, 0.15) is 19.3 Å². The molecule has 0 spiro atoms. The van der Waals surface area contributed by atoms with E-state index < -0.39 is 0 Å². The molecule has 0 N–H and O–H groups in total.